The Balaban J connectivity index is 1.42. The van der Waals surface area contributed by atoms with Gasteiger partial charge in [-0.3, -0.25) is 0 Å². The highest BCUT2D eigenvalue weighted by Gasteiger charge is 2.23. The van der Waals surface area contributed by atoms with Crippen molar-refractivity contribution in [2.45, 2.75) is 24.1 Å². The third kappa shape index (κ3) is 4.72. The predicted octanol–water partition coefficient (Wildman–Crippen LogP) is 4.49. The third-order valence-electron chi connectivity index (χ3n) is 3.97. The number of hydrogen-bond donors (Lipinski definition) is 1. The van der Waals surface area contributed by atoms with Crippen LogP contribution in [0.2, 0.25) is 0 Å². The summed E-state index contributed by atoms with van der Waals surface area (Å²) in [5.41, 5.74) is 1.96. The largest absolute Gasteiger partial charge is 0.325 e. The van der Waals surface area contributed by atoms with Crippen LogP contribution in [0.3, 0.4) is 0 Å². The van der Waals surface area contributed by atoms with Gasteiger partial charge in [0.25, 0.3) is 0 Å². The van der Waals surface area contributed by atoms with E-state index in [1.165, 1.54) is 0 Å². The fraction of sp³-hybridized carbons (Fsp3) is 0.412. The SMILES string of the molecule is Cc1csc(SCC2CCN(C(=O)Nc3ccccc3)CC2)n1. The van der Waals surface area contributed by atoms with Gasteiger partial charge in [-0.1, -0.05) is 30.0 Å². The van der Waals surface area contributed by atoms with Crippen molar-refractivity contribution < 1.29 is 4.79 Å². The van der Waals surface area contributed by atoms with Crippen molar-refractivity contribution in [2.75, 3.05) is 24.2 Å². The minimum atomic E-state index is 0.0119. The van der Waals surface area contributed by atoms with Crippen LogP contribution in [0.15, 0.2) is 40.1 Å². The van der Waals surface area contributed by atoms with E-state index in [1.54, 1.807) is 11.3 Å². The van der Waals surface area contributed by atoms with Crippen LogP contribution in [0.4, 0.5) is 10.5 Å². The lowest BCUT2D eigenvalue weighted by Crippen LogP contribution is -2.41. The Kier molecular flexibility index (Phi) is 5.56. The summed E-state index contributed by atoms with van der Waals surface area (Å²) in [5, 5.41) is 5.06. The van der Waals surface area contributed by atoms with Crippen LogP contribution < -0.4 is 5.32 Å². The number of likely N-dealkylation sites (tertiary alicyclic amines) is 1. The monoisotopic (exact) mass is 347 g/mol. The van der Waals surface area contributed by atoms with Gasteiger partial charge in [0.2, 0.25) is 0 Å². The van der Waals surface area contributed by atoms with E-state index >= 15 is 0 Å². The van der Waals surface area contributed by atoms with E-state index in [9.17, 15) is 4.79 Å². The fourth-order valence-corrected chi connectivity index (χ4v) is 4.68. The van der Waals surface area contributed by atoms with Crippen molar-refractivity contribution in [2.24, 2.45) is 5.92 Å². The number of carbonyl (C=O) groups is 1. The molecular weight excluding hydrogens is 326 g/mol. The number of hydrogen-bond acceptors (Lipinski definition) is 4. The molecule has 0 aliphatic carbocycles. The van der Waals surface area contributed by atoms with Crippen molar-refractivity contribution in [1.82, 2.24) is 9.88 Å². The number of thiazole rings is 1. The summed E-state index contributed by atoms with van der Waals surface area (Å²) < 4.78 is 1.16. The zero-order chi connectivity index (χ0) is 16.1. The Labute approximate surface area is 145 Å². The van der Waals surface area contributed by atoms with Crippen LogP contribution in [0.1, 0.15) is 18.5 Å². The van der Waals surface area contributed by atoms with Gasteiger partial charge in [-0.2, -0.15) is 0 Å². The summed E-state index contributed by atoms with van der Waals surface area (Å²) in [4.78, 5) is 18.7. The number of aromatic nitrogens is 1. The second-order valence-electron chi connectivity index (χ2n) is 5.79. The van der Waals surface area contributed by atoms with E-state index in [0.29, 0.717) is 5.92 Å². The van der Waals surface area contributed by atoms with Crippen molar-refractivity contribution in [3.8, 4) is 0 Å². The second-order valence-corrected chi connectivity index (χ2v) is 7.92. The molecule has 2 heterocycles. The van der Waals surface area contributed by atoms with E-state index in [-0.39, 0.29) is 6.03 Å². The topological polar surface area (TPSA) is 45.2 Å². The summed E-state index contributed by atoms with van der Waals surface area (Å²) in [6.07, 6.45) is 2.14. The first-order chi connectivity index (χ1) is 11.2. The maximum absolute atomic E-state index is 12.3. The molecule has 1 aliphatic rings. The molecule has 23 heavy (non-hydrogen) atoms. The van der Waals surface area contributed by atoms with E-state index in [0.717, 1.165) is 47.4 Å². The fourth-order valence-electron chi connectivity index (χ4n) is 2.61. The molecule has 3 rings (SSSR count). The molecule has 1 fully saturated rings. The van der Waals surface area contributed by atoms with Crippen LogP contribution in [-0.4, -0.2) is 34.8 Å². The van der Waals surface area contributed by atoms with Crippen molar-refractivity contribution in [3.05, 3.63) is 41.4 Å². The second kappa shape index (κ2) is 7.84. The molecule has 0 spiro atoms. The molecule has 1 aliphatic heterocycles. The number of benzene rings is 1. The highest BCUT2D eigenvalue weighted by molar-refractivity contribution is 8.01. The van der Waals surface area contributed by atoms with Crippen molar-refractivity contribution >= 4 is 34.8 Å². The lowest BCUT2D eigenvalue weighted by Gasteiger charge is -2.31. The summed E-state index contributed by atoms with van der Waals surface area (Å²) in [6, 6.07) is 9.65. The first-order valence-electron chi connectivity index (χ1n) is 7.86. The van der Waals surface area contributed by atoms with Crippen LogP contribution in [0.25, 0.3) is 0 Å². The molecule has 2 amide bonds. The number of nitrogens with zero attached hydrogens (tertiary/aromatic N) is 2. The van der Waals surface area contributed by atoms with Crippen molar-refractivity contribution in [1.29, 1.82) is 0 Å². The van der Waals surface area contributed by atoms with Gasteiger partial charge in [0.15, 0.2) is 0 Å². The van der Waals surface area contributed by atoms with Gasteiger partial charge in [-0.15, -0.1) is 11.3 Å². The van der Waals surface area contributed by atoms with E-state index in [2.05, 4.69) is 15.7 Å². The Hall–Kier alpha value is -1.53. The molecule has 122 valence electrons. The van der Waals surface area contributed by atoms with Gasteiger partial charge in [0, 0.05) is 35.6 Å². The number of piperidine rings is 1. The number of thioether (sulfide) groups is 1. The van der Waals surface area contributed by atoms with E-state index < -0.39 is 0 Å². The Bertz CT molecular complexity index is 636. The van der Waals surface area contributed by atoms with Crippen LogP contribution >= 0.6 is 23.1 Å². The highest BCUT2D eigenvalue weighted by atomic mass is 32.2. The molecule has 0 saturated carbocycles. The van der Waals surface area contributed by atoms with Crippen LogP contribution in [0.5, 0.6) is 0 Å². The Morgan fingerprint density at radius 2 is 2.09 bits per heavy atom. The zero-order valence-corrected chi connectivity index (χ0v) is 14.8. The summed E-state index contributed by atoms with van der Waals surface area (Å²) >= 11 is 3.57. The van der Waals surface area contributed by atoms with Crippen LogP contribution in [0, 0.1) is 12.8 Å². The minimum absolute atomic E-state index is 0.0119. The summed E-state index contributed by atoms with van der Waals surface area (Å²) in [5.74, 6) is 1.77. The number of aryl methyl sites for hydroxylation is 1. The molecule has 1 N–H and O–H groups in total. The smallest absolute Gasteiger partial charge is 0.321 e. The number of anilines is 1. The lowest BCUT2D eigenvalue weighted by atomic mass is 9.99. The standard InChI is InChI=1S/C17H21N3OS2/c1-13-11-22-17(18-13)23-12-14-7-9-20(10-8-14)16(21)19-15-5-3-2-4-6-15/h2-6,11,14H,7-10,12H2,1H3,(H,19,21). The minimum Gasteiger partial charge on any atom is -0.325 e. The molecule has 4 nitrogen and oxygen atoms in total. The molecule has 0 bridgehead atoms. The molecule has 0 atom stereocenters. The normalized spacial score (nSPS) is 15.6. The first kappa shape index (κ1) is 16.3. The van der Waals surface area contributed by atoms with Crippen molar-refractivity contribution in [3.63, 3.8) is 0 Å². The highest BCUT2D eigenvalue weighted by Crippen LogP contribution is 2.28. The predicted molar refractivity (Wildman–Crippen MR) is 97.3 cm³/mol. The lowest BCUT2D eigenvalue weighted by molar-refractivity contribution is 0.187. The summed E-state index contributed by atoms with van der Waals surface area (Å²) in [7, 11) is 0. The van der Waals surface area contributed by atoms with Gasteiger partial charge in [0.1, 0.15) is 4.34 Å². The number of amides is 2. The maximum Gasteiger partial charge on any atom is 0.321 e. The van der Waals surface area contributed by atoms with Gasteiger partial charge in [-0.25, -0.2) is 9.78 Å². The van der Waals surface area contributed by atoms with E-state index in [1.807, 2.05) is 53.9 Å². The Morgan fingerprint density at radius 3 is 2.74 bits per heavy atom. The maximum atomic E-state index is 12.3. The molecular formula is C17H21N3OS2. The summed E-state index contributed by atoms with van der Waals surface area (Å²) in [6.45, 7) is 3.70. The molecule has 1 saturated heterocycles. The Morgan fingerprint density at radius 1 is 1.35 bits per heavy atom. The number of para-hydroxylation sites is 1. The van der Waals surface area contributed by atoms with Crippen LogP contribution in [-0.2, 0) is 0 Å². The number of carbonyl (C=O) groups excluding carboxylic acids is 1. The van der Waals surface area contributed by atoms with Gasteiger partial charge >= 0.3 is 6.03 Å². The first-order valence-corrected chi connectivity index (χ1v) is 9.73. The van der Waals surface area contributed by atoms with Gasteiger partial charge < -0.3 is 10.2 Å². The molecule has 2 aromatic rings. The number of rotatable bonds is 4. The average molecular weight is 348 g/mol. The van der Waals surface area contributed by atoms with Gasteiger partial charge in [0.05, 0.1) is 0 Å². The zero-order valence-electron chi connectivity index (χ0n) is 13.2. The molecule has 6 heteroatoms. The van der Waals surface area contributed by atoms with E-state index in [4.69, 9.17) is 0 Å². The number of nitrogens with one attached hydrogen (secondary N) is 1. The molecule has 0 unspecified atom stereocenters. The average Bonchev–Trinajstić information content (AvgIpc) is 3.00. The van der Waals surface area contributed by atoms with Gasteiger partial charge in [-0.05, 0) is 37.8 Å². The number of urea groups is 1. The molecule has 1 aromatic heterocycles. The quantitative estimate of drug-likeness (QED) is 0.829. The third-order valence-corrected chi connectivity index (χ3v) is 6.34. The molecule has 0 radical (unpaired) electrons. The molecule has 1 aromatic carbocycles.